The molecule has 0 aliphatic heterocycles. The van der Waals surface area contributed by atoms with Crippen LogP contribution < -0.4 is 16.0 Å². The van der Waals surface area contributed by atoms with E-state index in [0.29, 0.717) is 18.7 Å². The van der Waals surface area contributed by atoms with Crippen LogP contribution in [0.5, 0.6) is 0 Å². The second-order valence-electron chi connectivity index (χ2n) is 5.78. The highest BCUT2D eigenvalue weighted by Crippen LogP contribution is 2.19. The molecule has 1 aliphatic carbocycles. The van der Waals surface area contributed by atoms with E-state index in [0.717, 1.165) is 18.9 Å². The van der Waals surface area contributed by atoms with Crippen molar-refractivity contribution >= 4 is 11.9 Å². The summed E-state index contributed by atoms with van der Waals surface area (Å²) in [6.07, 6.45) is 11.7. The Morgan fingerprint density at radius 1 is 1.21 bits per heavy atom. The van der Waals surface area contributed by atoms with Gasteiger partial charge < -0.3 is 16.0 Å². The molecule has 1 heterocycles. The minimum atomic E-state index is -0.114. The number of nitrogens with one attached hydrogen (secondary N) is 3. The van der Waals surface area contributed by atoms with Gasteiger partial charge in [-0.25, -0.2) is 0 Å². The Hall–Kier alpha value is -2.37. The summed E-state index contributed by atoms with van der Waals surface area (Å²) in [4.78, 5) is 20.0. The molecule has 1 aromatic rings. The number of aliphatic imine (C=N–C) groups is 1. The van der Waals surface area contributed by atoms with E-state index in [4.69, 9.17) is 0 Å². The molecule has 0 fully saturated rings. The fourth-order valence-electron chi connectivity index (χ4n) is 2.65. The van der Waals surface area contributed by atoms with E-state index < -0.39 is 0 Å². The fourth-order valence-corrected chi connectivity index (χ4v) is 2.65. The number of aromatic nitrogens is 1. The van der Waals surface area contributed by atoms with Gasteiger partial charge in [-0.1, -0.05) is 11.6 Å². The van der Waals surface area contributed by atoms with Gasteiger partial charge in [0.15, 0.2) is 5.96 Å². The monoisotopic (exact) mass is 329 g/mol. The number of amides is 1. The van der Waals surface area contributed by atoms with E-state index in [1.807, 2.05) is 0 Å². The Kier molecular flexibility index (Phi) is 7.80. The lowest BCUT2D eigenvalue weighted by Gasteiger charge is -2.15. The molecule has 6 nitrogen and oxygen atoms in total. The number of rotatable bonds is 7. The first-order chi connectivity index (χ1) is 11.8. The van der Waals surface area contributed by atoms with Crippen molar-refractivity contribution in [2.24, 2.45) is 4.99 Å². The van der Waals surface area contributed by atoms with Crippen molar-refractivity contribution < 1.29 is 4.79 Å². The van der Waals surface area contributed by atoms with Crippen LogP contribution in [0.25, 0.3) is 0 Å². The van der Waals surface area contributed by atoms with Crippen LogP contribution in [0.1, 0.15) is 42.5 Å². The Labute approximate surface area is 143 Å². The number of allylic oxidation sites excluding steroid dienone is 1. The van der Waals surface area contributed by atoms with Crippen LogP contribution in [0.15, 0.2) is 41.2 Å². The minimum Gasteiger partial charge on any atom is -0.356 e. The van der Waals surface area contributed by atoms with Crippen molar-refractivity contribution in [3.8, 4) is 0 Å². The zero-order valence-electron chi connectivity index (χ0n) is 14.3. The van der Waals surface area contributed by atoms with E-state index in [1.165, 1.54) is 25.7 Å². The highest BCUT2D eigenvalue weighted by Gasteiger charge is 2.05. The lowest BCUT2D eigenvalue weighted by Crippen LogP contribution is -2.41. The smallest absolute Gasteiger partial charge is 0.252 e. The van der Waals surface area contributed by atoms with Crippen LogP contribution in [0.4, 0.5) is 0 Å². The molecule has 6 heteroatoms. The molecule has 0 bridgehead atoms. The first-order valence-corrected chi connectivity index (χ1v) is 8.60. The lowest BCUT2D eigenvalue weighted by molar-refractivity contribution is 0.0954. The molecule has 2 rings (SSSR count). The van der Waals surface area contributed by atoms with E-state index >= 15 is 0 Å². The number of hydrogen-bond donors (Lipinski definition) is 3. The van der Waals surface area contributed by atoms with Crippen LogP contribution in [0.2, 0.25) is 0 Å². The van der Waals surface area contributed by atoms with E-state index in [9.17, 15) is 4.79 Å². The van der Waals surface area contributed by atoms with Crippen molar-refractivity contribution in [2.45, 2.75) is 32.1 Å². The number of carbonyl (C=O) groups is 1. The number of carbonyl (C=O) groups excluding carboxylic acids is 1. The maximum atomic E-state index is 11.9. The zero-order chi connectivity index (χ0) is 17.0. The summed E-state index contributed by atoms with van der Waals surface area (Å²) < 4.78 is 0. The van der Waals surface area contributed by atoms with Gasteiger partial charge in [-0.15, -0.1) is 0 Å². The SMILES string of the molecule is CN=C(NCCNC(=O)c1cccnc1)NCCC1=CCCCC1. The summed E-state index contributed by atoms with van der Waals surface area (Å²) >= 11 is 0. The van der Waals surface area contributed by atoms with Gasteiger partial charge in [-0.2, -0.15) is 0 Å². The normalized spacial score (nSPS) is 14.7. The lowest BCUT2D eigenvalue weighted by atomic mass is 9.97. The standard InChI is InChI=1S/C18H27N5O/c1-19-18(22-11-9-15-6-3-2-4-7-15)23-13-12-21-17(24)16-8-5-10-20-14-16/h5-6,8,10,14H,2-4,7,9,11-13H2,1H3,(H,21,24)(H2,19,22,23). The predicted molar refractivity (Wildman–Crippen MR) is 97.1 cm³/mol. The van der Waals surface area contributed by atoms with Crippen LogP contribution in [0, 0.1) is 0 Å². The molecule has 24 heavy (non-hydrogen) atoms. The first kappa shape index (κ1) is 18.0. The molecule has 0 saturated carbocycles. The van der Waals surface area contributed by atoms with Crippen molar-refractivity contribution in [1.29, 1.82) is 0 Å². The van der Waals surface area contributed by atoms with Crippen LogP contribution in [-0.4, -0.2) is 43.5 Å². The second-order valence-corrected chi connectivity index (χ2v) is 5.78. The molecule has 0 saturated heterocycles. The van der Waals surface area contributed by atoms with Gasteiger partial charge in [0.2, 0.25) is 0 Å². The largest absolute Gasteiger partial charge is 0.356 e. The third-order valence-corrected chi connectivity index (χ3v) is 3.97. The molecular formula is C18H27N5O. The maximum absolute atomic E-state index is 11.9. The van der Waals surface area contributed by atoms with Gasteiger partial charge >= 0.3 is 0 Å². The average molecular weight is 329 g/mol. The Morgan fingerprint density at radius 2 is 2.04 bits per heavy atom. The third kappa shape index (κ3) is 6.40. The Morgan fingerprint density at radius 3 is 2.75 bits per heavy atom. The molecule has 3 N–H and O–H groups in total. The van der Waals surface area contributed by atoms with E-state index in [2.05, 4.69) is 32.0 Å². The molecule has 130 valence electrons. The molecule has 0 radical (unpaired) electrons. The van der Waals surface area contributed by atoms with Crippen LogP contribution >= 0.6 is 0 Å². The predicted octanol–water partition coefficient (Wildman–Crippen LogP) is 1.87. The summed E-state index contributed by atoms with van der Waals surface area (Å²) in [5.74, 6) is 0.652. The number of hydrogen-bond acceptors (Lipinski definition) is 3. The van der Waals surface area contributed by atoms with Crippen molar-refractivity contribution in [1.82, 2.24) is 20.9 Å². The quantitative estimate of drug-likeness (QED) is 0.309. The molecular weight excluding hydrogens is 302 g/mol. The van der Waals surface area contributed by atoms with Gasteiger partial charge in [-0.3, -0.25) is 14.8 Å². The second kappa shape index (κ2) is 10.4. The van der Waals surface area contributed by atoms with Gasteiger partial charge in [0.1, 0.15) is 0 Å². The van der Waals surface area contributed by atoms with E-state index in [1.54, 1.807) is 37.1 Å². The molecule has 0 aromatic carbocycles. The van der Waals surface area contributed by atoms with Crippen LogP contribution in [-0.2, 0) is 0 Å². The summed E-state index contributed by atoms with van der Waals surface area (Å²) in [5.41, 5.74) is 2.12. The first-order valence-electron chi connectivity index (χ1n) is 8.60. The molecule has 1 aromatic heterocycles. The molecule has 0 unspecified atom stereocenters. The zero-order valence-corrected chi connectivity index (χ0v) is 14.3. The molecule has 1 aliphatic rings. The van der Waals surface area contributed by atoms with Crippen molar-refractivity contribution in [3.05, 3.63) is 41.7 Å². The third-order valence-electron chi connectivity index (χ3n) is 3.97. The van der Waals surface area contributed by atoms with Crippen LogP contribution in [0.3, 0.4) is 0 Å². The minimum absolute atomic E-state index is 0.114. The summed E-state index contributed by atoms with van der Waals surface area (Å²) in [7, 11) is 1.75. The summed E-state index contributed by atoms with van der Waals surface area (Å²) in [6, 6.07) is 3.50. The Bertz CT molecular complexity index is 568. The fraction of sp³-hybridized carbons (Fsp3) is 0.500. The Balaban J connectivity index is 1.59. The average Bonchev–Trinajstić information content (AvgIpc) is 2.65. The summed E-state index contributed by atoms with van der Waals surface area (Å²) in [5, 5.41) is 9.37. The van der Waals surface area contributed by atoms with Gasteiger partial charge in [-0.05, 0) is 44.2 Å². The number of pyridine rings is 1. The molecule has 0 spiro atoms. The molecule has 1 amide bonds. The van der Waals surface area contributed by atoms with Crippen molar-refractivity contribution in [3.63, 3.8) is 0 Å². The van der Waals surface area contributed by atoms with Gasteiger partial charge in [0.05, 0.1) is 5.56 Å². The maximum Gasteiger partial charge on any atom is 0.252 e. The highest BCUT2D eigenvalue weighted by molar-refractivity contribution is 5.93. The topological polar surface area (TPSA) is 78.4 Å². The van der Waals surface area contributed by atoms with Gasteiger partial charge in [0, 0.05) is 39.1 Å². The number of guanidine groups is 1. The van der Waals surface area contributed by atoms with Gasteiger partial charge in [0.25, 0.3) is 5.91 Å². The molecule has 0 atom stereocenters. The summed E-state index contributed by atoms with van der Waals surface area (Å²) in [6.45, 7) is 2.03. The number of nitrogens with zero attached hydrogens (tertiary/aromatic N) is 2. The highest BCUT2D eigenvalue weighted by atomic mass is 16.1. The van der Waals surface area contributed by atoms with E-state index in [-0.39, 0.29) is 5.91 Å². The van der Waals surface area contributed by atoms with Crippen molar-refractivity contribution in [2.75, 3.05) is 26.7 Å².